The van der Waals surface area contributed by atoms with Gasteiger partial charge in [0.2, 0.25) is 0 Å². The Bertz CT molecular complexity index is 500. The molecule has 0 radical (unpaired) electrons. The molecule has 0 aliphatic rings. The third kappa shape index (κ3) is 4.09. The van der Waals surface area contributed by atoms with Crippen molar-refractivity contribution in [3.05, 3.63) is 36.2 Å². The van der Waals surface area contributed by atoms with Crippen molar-refractivity contribution in [2.75, 3.05) is 18.4 Å². The van der Waals surface area contributed by atoms with Gasteiger partial charge in [-0.25, -0.2) is 14.6 Å². The van der Waals surface area contributed by atoms with Crippen molar-refractivity contribution in [1.82, 2.24) is 9.88 Å². The molecule has 102 valence electrons. The van der Waals surface area contributed by atoms with E-state index in [2.05, 4.69) is 16.9 Å². The molecule has 1 aromatic rings. The fourth-order valence-electron chi connectivity index (χ4n) is 1.52. The number of aromatic carboxylic acids is 1. The summed E-state index contributed by atoms with van der Waals surface area (Å²) < 4.78 is 0. The van der Waals surface area contributed by atoms with Crippen LogP contribution in [0.5, 0.6) is 0 Å². The van der Waals surface area contributed by atoms with E-state index in [0.29, 0.717) is 13.1 Å². The van der Waals surface area contributed by atoms with Crippen molar-refractivity contribution in [2.24, 2.45) is 0 Å². The van der Waals surface area contributed by atoms with Crippen molar-refractivity contribution in [3.8, 4) is 0 Å². The number of carbonyl (C=O) groups is 2. The quantitative estimate of drug-likeness (QED) is 0.798. The van der Waals surface area contributed by atoms with Crippen LogP contribution in [0.4, 0.5) is 10.5 Å². The third-order valence-electron chi connectivity index (χ3n) is 2.38. The first-order valence-electron chi connectivity index (χ1n) is 5.84. The van der Waals surface area contributed by atoms with E-state index in [1.807, 2.05) is 13.8 Å². The summed E-state index contributed by atoms with van der Waals surface area (Å²) >= 11 is 0. The lowest BCUT2D eigenvalue weighted by Gasteiger charge is -2.21. The number of likely N-dealkylation sites (N-methyl/N-ethyl adjacent to an activating group) is 1. The first-order chi connectivity index (χ1) is 8.95. The maximum Gasteiger partial charge on any atom is 0.356 e. The number of hydrogen-bond donors (Lipinski definition) is 2. The van der Waals surface area contributed by atoms with Crippen molar-refractivity contribution in [1.29, 1.82) is 0 Å². The highest BCUT2D eigenvalue weighted by Gasteiger charge is 2.16. The van der Waals surface area contributed by atoms with Crippen LogP contribution in [0.1, 0.15) is 24.3 Å². The summed E-state index contributed by atoms with van der Waals surface area (Å²) in [6.45, 7) is 8.33. The highest BCUT2D eigenvalue weighted by molar-refractivity contribution is 5.98. The second-order valence-corrected chi connectivity index (χ2v) is 4.11. The number of rotatable bonds is 5. The Balaban J connectivity index is 2.87. The van der Waals surface area contributed by atoms with Crippen LogP contribution in [-0.2, 0) is 0 Å². The van der Waals surface area contributed by atoms with E-state index in [9.17, 15) is 9.59 Å². The van der Waals surface area contributed by atoms with Gasteiger partial charge in [0.1, 0.15) is 0 Å². The number of nitrogens with one attached hydrogen (secondary N) is 1. The van der Waals surface area contributed by atoms with Gasteiger partial charge >= 0.3 is 12.0 Å². The number of carboxylic acids is 1. The van der Waals surface area contributed by atoms with Gasteiger partial charge in [-0.1, -0.05) is 12.2 Å². The van der Waals surface area contributed by atoms with E-state index in [-0.39, 0.29) is 17.4 Å². The van der Waals surface area contributed by atoms with Gasteiger partial charge in [0, 0.05) is 19.3 Å². The van der Waals surface area contributed by atoms with Crippen molar-refractivity contribution in [3.63, 3.8) is 0 Å². The normalized spacial score (nSPS) is 9.79. The summed E-state index contributed by atoms with van der Waals surface area (Å²) in [5.74, 6) is -1.18. The van der Waals surface area contributed by atoms with Crippen molar-refractivity contribution < 1.29 is 14.7 Å². The average molecular weight is 263 g/mol. The summed E-state index contributed by atoms with van der Waals surface area (Å²) in [6.07, 6.45) is 1.37. The lowest BCUT2D eigenvalue weighted by Crippen LogP contribution is -2.36. The molecular weight excluding hydrogens is 246 g/mol. The van der Waals surface area contributed by atoms with Crippen LogP contribution in [0.3, 0.4) is 0 Å². The first-order valence-corrected chi connectivity index (χ1v) is 5.84. The molecule has 0 aliphatic carbocycles. The molecule has 2 amide bonds. The first kappa shape index (κ1) is 14.7. The Labute approximate surface area is 111 Å². The number of hydrogen-bond acceptors (Lipinski definition) is 3. The lowest BCUT2D eigenvalue weighted by atomic mass is 10.3. The predicted molar refractivity (Wildman–Crippen MR) is 72.3 cm³/mol. The molecule has 1 heterocycles. The summed E-state index contributed by atoms with van der Waals surface area (Å²) in [6, 6.07) is 2.70. The highest BCUT2D eigenvalue weighted by Crippen LogP contribution is 2.13. The summed E-state index contributed by atoms with van der Waals surface area (Å²) in [5, 5.41) is 11.5. The monoisotopic (exact) mass is 263 g/mol. The molecule has 1 aromatic heterocycles. The van der Waals surface area contributed by atoms with E-state index in [0.717, 1.165) is 5.57 Å². The molecule has 19 heavy (non-hydrogen) atoms. The second kappa shape index (κ2) is 6.53. The van der Waals surface area contributed by atoms with Crippen LogP contribution in [-0.4, -0.2) is 40.1 Å². The fraction of sp³-hybridized carbons (Fsp3) is 0.308. The molecule has 0 atom stereocenters. The maximum atomic E-state index is 12.0. The molecule has 2 N–H and O–H groups in total. The fourth-order valence-corrected chi connectivity index (χ4v) is 1.52. The molecule has 0 aliphatic heterocycles. The molecule has 0 saturated heterocycles. The molecule has 0 fully saturated rings. The van der Waals surface area contributed by atoms with Crippen LogP contribution >= 0.6 is 0 Å². The third-order valence-corrected chi connectivity index (χ3v) is 2.38. The molecule has 0 aromatic carbocycles. The molecule has 0 saturated carbocycles. The van der Waals surface area contributed by atoms with Crippen LogP contribution in [0, 0.1) is 0 Å². The number of nitrogens with zero attached hydrogens (tertiary/aromatic N) is 2. The van der Waals surface area contributed by atoms with E-state index in [1.165, 1.54) is 17.2 Å². The second-order valence-electron chi connectivity index (χ2n) is 4.11. The number of anilines is 1. The number of carboxylic acid groups (broad SMARTS) is 1. The van der Waals surface area contributed by atoms with E-state index in [1.54, 1.807) is 6.07 Å². The smallest absolute Gasteiger partial charge is 0.356 e. The molecular formula is C13H17N3O3. The molecule has 0 spiro atoms. The maximum absolute atomic E-state index is 12.0. The average Bonchev–Trinajstić information content (AvgIpc) is 2.35. The zero-order valence-corrected chi connectivity index (χ0v) is 11.0. The van der Waals surface area contributed by atoms with Gasteiger partial charge in [0.25, 0.3) is 0 Å². The van der Waals surface area contributed by atoms with Gasteiger partial charge in [-0.15, -0.1) is 0 Å². The highest BCUT2D eigenvalue weighted by atomic mass is 16.4. The Morgan fingerprint density at radius 2 is 2.21 bits per heavy atom. The van der Waals surface area contributed by atoms with E-state index < -0.39 is 5.97 Å². The minimum Gasteiger partial charge on any atom is -0.476 e. The Kier molecular flexibility index (Phi) is 5.05. The summed E-state index contributed by atoms with van der Waals surface area (Å²) in [7, 11) is 0. The van der Waals surface area contributed by atoms with Gasteiger partial charge < -0.3 is 15.3 Å². The van der Waals surface area contributed by atoms with E-state index >= 15 is 0 Å². The minimum atomic E-state index is -1.18. The van der Waals surface area contributed by atoms with Gasteiger partial charge in [0.05, 0.1) is 5.69 Å². The number of pyridine rings is 1. The minimum absolute atomic E-state index is 0.178. The zero-order chi connectivity index (χ0) is 14.4. The van der Waals surface area contributed by atoms with Gasteiger partial charge in [-0.2, -0.15) is 0 Å². The summed E-state index contributed by atoms with van der Waals surface area (Å²) in [4.78, 5) is 28.2. The zero-order valence-electron chi connectivity index (χ0n) is 11.0. The Hall–Kier alpha value is -2.37. The Morgan fingerprint density at radius 3 is 2.74 bits per heavy atom. The Morgan fingerprint density at radius 1 is 1.53 bits per heavy atom. The van der Waals surface area contributed by atoms with Crippen LogP contribution in [0.25, 0.3) is 0 Å². The number of urea groups is 1. The topological polar surface area (TPSA) is 82.5 Å². The van der Waals surface area contributed by atoms with Crippen molar-refractivity contribution in [2.45, 2.75) is 13.8 Å². The number of amides is 2. The van der Waals surface area contributed by atoms with Crippen LogP contribution < -0.4 is 5.32 Å². The molecule has 0 bridgehead atoms. The number of aromatic nitrogens is 1. The van der Waals surface area contributed by atoms with Gasteiger partial charge in [0.15, 0.2) is 5.69 Å². The van der Waals surface area contributed by atoms with Crippen LogP contribution in [0.15, 0.2) is 30.5 Å². The van der Waals surface area contributed by atoms with Gasteiger partial charge in [-0.3, -0.25) is 0 Å². The molecule has 6 heteroatoms. The predicted octanol–water partition coefficient (Wildman–Crippen LogP) is 2.21. The molecule has 6 nitrogen and oxygen atoms in total. The largest absolute Gasteiger partial charge is 0.476 e. The summed E-state index contributed by atoms with van der Waals surface area (Å²) in [5.41, 5.74) is 0.851. The molecule has 0 unspecified atom stereocenters. The van der Waals surface area contributed by atoms with Gasteiger partial charge in [-0.05, 0) is 26.0 Å². The van der Waals surface area contributed by atoms with Crippen LogP contribution in [0.2, 0.25) is 0 Å². The number of carbonyl (C=O) groups excluding carboxylic acids is 1. The lowest BCUT2D eigenvalue weighted by molar-refractivity contribution is 0.0691. The van der Waals surface area contributed by atoms with Crippen molar-refractivity contribution >= 4 is 17.7 Å². The molecule has 1 rings (SSSR count). The van der Waals surface area contributed by atoms with E-state index in [4.69, 9.17) is 5.11 Å². The standard InChI is InChI=1S/C13H17N3O3/c1-4-16(8-9(2)3)13(19)15-10-6-5-7-14-11(10)12(17)18/h5-7H,2,4,8H2,1,3H3,(H,15,19)(H,17,18). The SMILES string of the molecule is C=C(C)CN(CC)C(=O)Nc1cccnc1C(=O)O.